The number of benzene rings is 1. The molecule has 3 rings (SSSR count). The van der Waals surface area contributed by atoms with E-state index in [2.05, 4.69) is 27.5 Å². The van der Waals surface area contributed by atoms with Gasteiger partial charge in [0, 0.05) is 23.9 Å². The maximum atomic E-state index is 13.1. The Labute approximate surface area is 136 Å². The molecule has 0 aliphatic carbocycles. The maximum Gasteiger partial charge on any atom is 0.161 e. The number of anilines is 1. The number of rotatable bonds is 5. The largest absolute Gasteiger partial charge is 0.370 e. The second kappa shape index (κ2) is 7.51. The molecule has 1 fully saturated rings. The Kier molecular flexibility index (Phi) is 5.18. The topological polar surface area (TPSA) is 49.8 Å². The van der Waals surface area contributed by atoms with Gasteiger partial charge in [0.05, 0.1) is 0 Å². The Morgan fingerprint density at radius 1 is 1.26 bits per heavy atom. The van der Waals surface area contributed by atoms with Crippen LogP contribution in [0.2, 0.25) is 0 Å². The molecule has 1 atom stereocenters. The van der Waals surface area contributed by atoms with Gasteiger partial charge in [-0.1, -0.05) is 6.92 Å². The van der Waals surface area contributed by atoms with Crippen LogP contribution < -0.4 is 10.6 Å². The first kappa shape index (κ1) is 15.9. The summed E-state index contributed by atoms with van der Waals surface area (Å²) in [6.45, 7) is 5.17. The van der Waals surface area contributed by atoms with E-state index in [1.165, 1.54) is 25.0 Å². The van der Waals surface area contributed by atoms with Crippen molar-refractivity contribution in [1.82, 2.24) is 15.3 Å². The minimum Gasteiger partial charge on any atom is -0.370 e. The van der Waals surface area contributed by atoms with Crippen molar-refractivity contribution in [2.45, 2.75) is 26.2 Å². The first-order valence-corrected chi connectivity index (χ1v) is 8.33. The fraction of sp³-hybridized carbons (Fsp3) is 0.444. The first-order valence-electron chi connectivity index (χ1n) is 8.33. The predicted molar refractivity (Wildman–Crippen MR) is 90.9 cm³/mol. The monoisotopic (exact) mass is 314 g/mol. The summed E-state index contributed by atoms with van der Waals surface area (Å²) in [7, 11) is 0. The highest BCUT2D eigenvalue weighted by atomic mass is 19.1. The smallest absolute Gasteiger partial charge is 0.161 e. The number of nitrogens with one attached hydrogen (secondary N) is 2. The third-order valence-corrected chi connectivity index (χ3v) is 4.21. The van der Waals surface area contributed by atoms with Crippen molar-refractivity contribution in [2.24, 2.45) is 5.92 Å². The third kappa shape index (κ3) is 4.26. The Hall–Kier alpha value is -2.01. The molecule has 0 radical (unpaired) electrons. The zero-order valence-electron chi connectivity index (χ0n) is 13.5. The molecular weight excluding hydrogens is 291 g/mol. The van der Waals surface area contributed by atoms with E-state index in [9.17, 15) is 4.39 Å². The highest BCUT2D eigenvalue weighted by molar-refractivity contribution is 5.57. The fourth-order valence-corrected chi connectivity index (χ4v) is 2.84. The van der Waals surface area contributed by atoms with E-state index in [0.29, 0.717) is 11.7 Å². The lowest BCUT2D eigenvalue weighted by atomic mass is 10.00. The maximum absolute atomic E-state index is 13.1. The molecular formula is C18H23FN4. The average Bonchev–Trinajstić information content (AvgIpc) is 2.61. The second-order valence-electron chi connectivity index (χ2n) is 6.02. The van der Waals surface area contributed by atoms with Crippen LogP contribution in [-0.2, 0) is 6.42 Å². The van der Waals surface area contributed by atoms with Crippen LogP contribution in [0.5, 0.6) is 0 Å². The third-order valence-electron chi connectivity index (χ3n) is 4.21. The lowest BCUT2D eigenvalue weighted by molar-refractivity contribution is 0.392. The van der Waals surface area contributed by atoms with Crippen molar-refractivity contribution in [3.63, 3.8) is 0 Å². The molecule has 2 aromatic rings. The molecule has 0 amide bonds. The van der Waals surface area contributed by atoms with Gasteiger partial charge in [0.25, 0.3) is 0 Å². The first-order chi connectivity index (χ1) is 11.2. The summed E-state index contributed by atoms with van der Waals surface area (Å²) in [6.07, 6.45) is 3.32. The number of aromatic nitrogens is 2. The summed E-state index contributed by atoms with van der Waals surface area (Å²) < 4.78 is 13.1. The normalized spacial score (nSPS) is 17.9. The number of aryl methyl sites for hydroxylation is 1. The van der Waals surface area contributed by atoms with Gasteiger partial charge >= 0.3 is 0 Å². The minimum atomic E-state index is -0.247. The van der Waals surface area contributed by atoms with Crippen molar-refractivity contribution in [3.8, 4) is 11.4 Å². The SMILES string of the molecule is CCc1cc(NCC2CCCNC2)nc(-c2ccc(F)cc2)n1. The van der Waals surface area contributed by atoms with Crippen LogP contribution in [-0.4, -0.2) is 29.6 Å². The quantitative estimate of drug-likeness (QED) is 0.889. The van der Waals surface area contributed by atoms with E-state index >= 15 is 0 Å². The van der Waals surface area contributed by atoms with Gasteiger partial charge in [-0.2, -0.15) is 0 Å². The van der Waals surface area contributed by atoms with Crippen LogP contribution in [0.4, 0.5) is 10.2 Å². The molecule has 2 heterocycles. The number of piperidine rings is 1. The van der Waals surface area contributed by atoms with Crippen molar-refractivity contribution in [2.75, 3.05) is 25.0 Å². The Morgan fingerprint density at radius 3 is 2.78 bits per heavy atom. The lowest BCUT2D eigenvalue weighted by Crippen LogP contribution is -2.33. The molecule has 1 aromatic carbocycles. The van der Waals surface area contributed by atoms with Gasteiger partial charge in [0.15, 0.2) is 5.82 Å². The van der Waals surface area contributed by atoms with Crippen molar-refractivity contribution < 1.29 is 4.39 Å². The Balaban J connectivity index is 1.76. The molecule has 1 aromatic heterocycles. The summed E-state index contributed by atoms with van der Waals surface area (Å²) in [5.41, 5.74) is 1.83. The molecule has 0 bridgehead atoms. The van der Waals surface area contributed by atoms with Crippen LogP contribution >= 0.6 is 0 Å². The van der Waals surface area contributed by atoms with Gasteiger partial charge in [-0.15, -0.1) is 0 Å². The highest BCUT2D eigenvalue weighted by Crippen LogP contribution is 2.19. The van der Waals surface area contributed by atoms with Crippen LogP contribution in [0.15, 0.2) is 30.3 Å². The minimum absolute atomic E-state index is 0.247. The molecule has 1 saturated heterocycles. The molecule has 2 N–H and O–H groups in total. The number of hydrogen-bond donors (Lipinski definition) is 2. The second-order valence-corrected chi connectivity index (χ2v) is 6.02. The summed E-state index contributed by atoms with van der Waals surface area (Å²) in [5.74, 6) is 1.89. The number of nitrogens with zero attached hydrogens (tertiary/aromatic N) is 2. The van der Waals surface area contributed by atoms with Gasteiger partial charge in [-0.3, -0.25) is 0 Å². The molecule has 5 heteroatoms. The van der Waals surface area contributed by atoms with E-state index in [1.807, 2.05) is 6.07 Å². The van der Waals surface area contributed by atoms with E-state index in [-0.39, 0.29) is 5.82 Å². The molecule has 0 saturated carbocycles. The zero-order chi connectivity index (χ0) is 16.1. The van der Waals surface area contributed by atoms with E-state index in [4.69, 9.17) is 0 Å². The number of hydrogen-bond acceptors (Lipinski definition) is 4. The number of halogens is 1. The van der Waals surface area contributed by atoms with Crippen LogP contribution in [0.1, 0.15) is 25.5 Å². The Morgan fingerprint density at radius 2 is 2.09 bits per heavy atom. The summed E-state index contributed by atoms with van der Waals surface area (Å²) in [6, 6.07) is 8.33. The van der Waals surface area contributed by atoms with Crippen LogP contribution in [0, 0.1) is 11.7 Å². The molecule has 4 nitrogen and oxygen atoms in total. The molecule has 122 valence electrons. The molecule has 0 spiro atoms. The van der Waals surface area contributed by atoms with E-state index in [0.717, 1.165) is 43.1 Å². The lowest BCUT2D eigenvalue weighted by Gasteiger charge is -2.23. The van der Waals surface area contributed by atoms with Gasteiger partial charge in [-0.25, -0.2) is 14.4 Å². The predicted octanol–water partition coefficient (Wildman–Crippen LogP) is 3.26. The van der Waals surface area contributed by atoms with Crippen molar-refractivity contribution >= 4 is 5.82 Å². The molecule has 1 unspecified atom stereocenters. The zero-order valence-corrected chi connectivity index (χ0v) is 13.5. The molecule has 1 aliphatic rings. The van der Waals surface area contributed by atoms with Crippen molar-refractivity contribution in [1.29, 1.82) is 0 Å². The van der Waals surface area contributed by atoms with Crippen molar-refractivity contribution in [3.05, 3.63) is 41.8 Å². The van der Waals surface area contributed by atoms with Gasteiger partial charge in [0.2, 0.25) is 0 Å². The highest BCUT2D eigenvalue weighted by Gasteiger charge is 2.13. The molecule has 23 heavy (non-hydrogen) atoms. The Bertz CT molecular complexity index is 636. The summed E-state index contributed by atoms with van der Waals surface area (Å²) in [5, 5.41) is 6.87. The molecule has 1 aliphatic heterocycles. The van der Waals surface area contributed by atoms with Crippen LogP contribution in [0.3, 0.4) is 0 Å². The summed E-state index contributed by atoms with van der Waals surface area (Å²) in [4.78, 5) is 9.16. The van der Waals surface area contributed by atoms with E-state index in [1.54, 1.807) is 12.1 Å². The van der Waals surface area contributed by atoms with Gasteiger partial charge in [-0.05, 0) is 62.5 Å². The standard InChI is InChI=1S/C18H23FN4/c1-2-16-10-17(21-12-13-4-3-9-20-11-13)23-18(22-16)14-5-7-15(19)8-6-14/h5-8,10,13,20H,2-4,9,11-12H2,1H3,(H,21,22,23). The van der Waals surface area contributed by atoms with Gasteiger partial charge < -0.3 is 10.6 Å². The van der Waals surface area contributed by atoms with Crippen LogP contribution in [0.25, 0.3) is 11.4 Å². The summed E-state index contributed by atoms with van der Waals surface area (Å²) >= 11 is 0. The van der Waals surface area contributed by atoms with E-state index < -0.39 is 0 Å². The van der Waals surface area contributed by atoms with Gasteiger partial charge in [0.1, 0.15) is 11.6 Å². The average molecular weight is 314 g/mol. The fourth-order valence-electron chi connectivity index (χ4n) is 2.84.